The molecule has 150 valence electrons. The summed E-state index contributed by atoms with van der Waals surface area (Å²) in [6.45, 7) is 7.28. The van der Waals surface area contributed by atoms with Crippen molar-refractivity contribution in [2.24, 2.45) is 12.0 Å². The van der Waals surface area contributed by atoms with Gasteiger partial charge >= 0.3 is 0 Å². The zero-order valence-electron chi connectivity index (χ0n) is 16.7. The van der Waals surface area contributed by atoms with Crippen LogP contribution >= 0.6 is 8.58 Å². The standard InChI is InChI=1S/C21H25N6OP/c1-3-25-6-8-26(9-7-25)19-14-27-20(28)11-18(29-21(27)12-22-19)15-4-5-17-16(10-15)13-24(2)23-17/h4-5,10-14,21,29H,3,6-9H2,1-2H3. The van der Waals surface area contributed by atoms with Crippen molar-refractivity contribution in [1.29, 1.82) is 0 Å². The molecule has 8 heteroatoms. The predicted molar refractivity (Wildman–Crippen MR) is 118 cm³/mol. The third-order valence-corrected chi connectivity index (χ3v) is 7.27. The Bertz CT molecular complexity index is 1050. The van der Waals surface area contributed by atoms with Gasteiger partial charge in [0.15, 0.2) is 0 Å². The van der Waals surface area contributed by atoms with Gasteiger partial charge in [0.25, 0.3) is 5.91 Å². The summed E-state index contributed by atoms with van der Waals surface area (Å²) in [5.41, 5.74) is 2.06. The number of fused-ring (bicyclic) bond motifs is 2. The summed E-state index contributed by atoms with van der Waals surface area (Å²) < 4.78 is 1.82. The number of nitrogens with zero attached hydrogens (tertiary/aromatic N) is 6. The lowest BCUT2D eigenvalue weighted by Gasteiger charge is -2.39. The molecule has 0 aliphatic carbocycles. The molecule has 1 aromatic carbocycles. The van der Waals surface area contributed by atoms with E-state index in [-0.39, 0.29) is 11.7 Å². The van der Waals surface area contributed by atoms with E-state index in [4.69, 9.17) is 4.99 Å². The highest BCUT2D eigenvalue weighted by molar-refractivity contribution is 7.52. The molecular formula is C21H25N6OP. The average molecular weight is 408 g/mol. The highest BCUT2D eigenvalue weighted by Gasteiger charge is 2.31. The lowest BCUT2D eigenvalue weighted by molar-refractivity contribution is -0.123. The summed E-state index contributed by atoms with van der Waals surface area (Å²) >= 11 is 0. The number of benzene rings is 1. The molecule has 2 aromatic rings. The van der Waals surface area contributed by atoms with Crippen molar-refractivity contribution in [3.05, 3.63) is 48.1 Å². The molecule has 0 radical (unpaired) electrons. The van der Waals surface area contributed by atoms with Crippen LogP contribution in [-0.2, 0) is 11.8 Å². The fourth-order valence-corrected chi connectivity index (χ4v) is 5.44. The van der Waals surface area contributed by atoms with E-state index in [0.717, 1.165) is 60.3 Å². The third kappa shape index (κ3) is 3.49. The number of aryl methyl sites for hydroxylation is 1. The van der Waals surface area contributed by atoms with Gasteiger partial charge in [0.05, 0.1) is 17.5 Å². The fourth-order valence-electron chi connectivity index (χ4n) is 4.10. The predicted octanol–water partition coefficient (Wildman–Crippen LogP) is 2.28. The van der Waals surface area contributed by atoms with Crippen molar-refractivity contribution in [2.45, 2.75) is 12.7 Å². The smallest absolute Gasteiger partial charge is 0.252 e. The summed E-state index contributed by atoms with van der Waals surface area (Å²) in [6, 6.07) is 6.21. The molecule has 2 atom stereocenters. The Morgan fingerprint density at radius 3 is 2.83 bits per heavy atom. The first kappa shape index (κ1) is 18.5. The van der Waals surface area contributed by atoms with E-state index < -0.39 is 0 Å². The van der Waals surface area contributed by atoms with Crippen LogP contribution < -0.4 is 0 Å². The maximum atomic E-state index is 12.9. The van der Waals surface area contributed by atoms with Crippen molar-refractivity contribution in [3.8, 4) is 0 Å². The fraction of sp³-hybridized carbons (Fsp3) is 0.381. The Labute approximate surface area is 172 Å². The molecule has 1 amide bonds. The molecule has 5 rings (SSSR count). The van der Waals surface area contributed by atoms with Gasteiger partial charge in [-0.15, -0.1) is 0 Å². The van der Waals surface area contributed by atoms with E-state index in [1.165, 1.54) is 0 Å². The quantitative estimate of drug-likeness (QED) is 0.732. The topological polar surface area (TPSA) is 57.0 Å². The second kappa shape index (κ2) is 7.39. The molecule has 1 fully saturated rings. The Kier molecular flexibility index (Phi) is 4.72. The van der Waals surface area contributed by atoms with Crippen molar-refractivity contribution in [1.82, 2.24) is 24.5 Å². The van der Waals surface area contributed by atoms with Crippen LogP contribution in [0, 0.1) is 0 Å². The number of rotatable bonds is 3. The summed E-state index contributed by atoms with van der Waals surface area (Å²) in [5.74, 6) is 0.947. The van der Waals surface area contributed by atoms with Crippen LogP contribution in [0.15, 0.2) is 47.5 Å². The number of piperazine rings is 1. The number of hydrogen-bond acceptors (Lipinski definition) is 5. The number of amides is 1. The summed E-state index contributed by atoms with van der Waals surface area (Å²) in [4.78, 5) is 24.2. The van der Waals surface area contributed by atoms with Gasteiger partial charge in [-0.3, -0.25) is 14.4 Å². The average Bonchev–Trinajstić information content (AvgIpc) is 3.12. The maximum Gasteiger partial charge on any atom is 0.252 e. The van der Waals surface area contributed by atoms with Crippen LogP contribution in [0.4, 0.5) is 0 Å². The maximum absolute atomic E-state index is 12.9. The molecule has 4 heterocycles. The van der Waals surface area contributed by atoms with Gasteiger partial charge < -0.3 is 9.80 Å². The molecule has 3 aliphatic heterocycles. The van der Waals surface area contributed by atoms with E-state index in [9.17, 15) is 4.79 Å². The molecule has 29 heavy (non-hydrogen) atoms. The van der Waals surface area contributed by atoms with Gasteiger partial charge in [0.2, 0.25) is 0 Å². The number of aromatic nitrogens is 2. The zero-order chi connectivity index (χ0) is 20.0. The molecule has 0 spiro atoms. The number of likely N-dealkylation sites (N-methyl/N-ethyl adjacent to an activating group) is 1. The Hall–Kier alpha value is -2.50. The summed E-state index contributed by atoms with van der Waals surface area (Å²) in [5, 5.41) is 6.61. The molecule has 0 N–H and O–H groups in total. The zero-order valence-corrected chi connectivity index (χ0v) is 17.7. The first-order chi connectivity index (χ1) is 14.1. The van der Waals surface area contributed by atoms with Crippen LogP contribution in [0.3, 0.4) is 0 Å². The van der Waals surface area contributed by atoms with Crippen LogP contribution in [0.2, 0.25) is 0 Å². The van der Waals surface area contributed by atoms with Gasteiger partial charge in [0.1, 0.15) is 5.82 Å². The molecule has 7 nitrogen and oxygen atoms in total. The van der Waals surface area contributed by atoms with Gasteiger partial charge in [-0.2, -0.15) is 5.10 Å². The van der Waals surface area contributed by atoms with Crippen molar-refractivity contribution < 1.29 is 4.79 Å². The minimum absolute atomic E-state index is 0.00720. The summed E-state index contributed by atoms with van der Waals surface area (Å²) in [6.07, 6.45) is 7.69. The number of hydrogen-bond donors (Lipinski definition) is 0. The first-order valence-corrected chi connectivity index (χ1v) is 11.2. The van der Waals surface area contributed by atoms with E-state index >= 15 is 0 Å². The highest BCUT2D eigenvalue weighted by atomic mass is 31.1. The molecule has 2 unspecified atom stereocenters. The second-order valence-corrected chi connectivity index (χ2v) is 9.07. The van der Waals surface area contributed by atoms with Crippen molar-refractivity contribution >= 4 is 36.9 Å². The molecule has 1 aromatic heterocycles. The minimum atomic E-state index is 0.00720. The van der Waals surface area contributed by atoms with Crippen LogP contribution in [0.25, 0.3) is 16.2 Å². The lowest BCUT2D eigenvalue weighted by atomic mass is 10.1. The minimum Gasteiger partial charge on any atom is -0.353 e. The van der Waals surface area contributed by atoms with Crippen molar-refractivity contribution in [2.75, 3.05) is 32.7 Å². The second-order valence-electron chi connectivity index (χ2n) is 7.66. The SMILES string of the molecule is CCN1CCN(C2=CN3C(=O)C=C(c4ccc5nn(C)cc5c4)PC3C=N2)CC1. The highest BCUT2D eigenvalue weighted by Crippen LogP contribution is 2.43. The first-order valence-electron chi connectivity index (χ1n) is 10.1. The largest absolute Gasteiger partial charge is 0.353 e. The van der Waals surface area contributed by atoms with Gasteiger partial charge in [-0.1, -0.05) is 21.6 Å². The molecule has 0 saturated carbocycles. The van der Waals surface area contributed by atoms with E-state index in [2.05, 4.69) is 34.0 Å². The normalized spacial score (nSPS) is 23.5. The molecule has 1 saturated heterocycles. The Morgan fingerprint density at radius 2 is 2.03 bits per heavy atom. The molecule has 3 aliphatic rings. The Balaban J connectivity index is 1.37. The van der Waals surface area contributed by atoms with E-state index in [1.807, 2.05) is 41.3 Å². The van der Waals surface area contributed by atoms with Gasteiger partial charge in [-0.05, 0) is 29.6 Å². The lowest BCUT2D eigenvalue weighted by Crippen LogP contribution is -2.47. The monoisotopic (exact) mass is 408 g/mol. The van der Waals surface area contributed by atoms with E-state index in [1.54, 1.807) is 6.08 Å². The van der Waals surface area contributed by atoms with Crippen LogP contribution in [0.1, 0.15) is 12.5 Å². The van der Waals surface area contributed by atoms with Crippen LogP contribution in [0.5, 0.6) is 0 Å². The Morgan fingerprint density at radius 1 is 1.21 bits per heavy atom. The van der Waals surface area contributed by atoms with Gasteiger partial charge in [0, 0.05) is 57.1 Å². The molecular weight excluding hydrogens is 383 g/mol. The number of carbonyl (C=O) groups excluding carboxylic acids is 1. The number of carbonyl (C=O) groups is 1. The number of aliphatic imine (C=N–C) groups is 1. The third-order valence-electron chi connectivity index (χ3n) is 5.80. The van der Waals surface area contributed by atoms with Crippen LogP contribution in [-0.4, -0.2) is 75.1 Å². The molecule has 0 bridgehead atoms. The van der Waals surface area contributed by atoms with E-state index in [0.29, 0.717) is 8.58 Å². The van der Waals surface area contributed by atoms with Crippen molar-refractivity contribution in [3.63, 3.8) is 0 Å². The summed E-state index contributed by atoms with van der Waals surface area (Å²) in [7, 11) is 2.40. The van der Waals surface area contributed by atoms with Gasteiger partial charge in [-0.25, -0.2) is 4.99 Å².